The lowest BCUT2D eigenvalue weighted by Crippen LogP contribution is -2.21. The van der Waals surface area contributed by atoms with Gasteiger partial charge in [0.1, 0.15) is 11.5 Å². The molecule has 20 heavy (non-hydrogen) atoms. The number of hydrogen-bond acceptors (Lipinski definition) is 3. The molecule has 3 nitrogen and oxygen atoms in total. The van der Waals surface area contributed by atoms with Crippen molar-refractivity contribution in [2.75, 3.05) is 13.2 Å². The highest BCUT2D eigenvalue weighted by atomic mass is 79.9. The number of hydrogen-bond donors (Lipinski definition) is 0. The summed E-state index contributed by atoms with van der Waals surface area (Å²) in [6.07, 6.45) is 5.95. The van der Waals surface area contributed by atoms with Crippen molar-refractivity contribution in [3.05, 3.63) is 21.2 Å². The maximum atomic E-state index is 9.62. The van der Waals surface area contributed by atoms with Crippen molar-refractivity contribution in [3.8, 4) is 17.6 Å². The average molecular weight is 334 g/mol. The first-order valence-electron chi connectivity index (χ1n) is 7.31. The summed E-state index contributed by atoms with van der Waals surface area (Å²) in [5.74, 6) is 1.95. The Morgan fingerprint density at radius 2 is 1.65 bits per heavy atom. The molecular weight excluding hydrogens is 318 g/mol. The van der Waals surface area contributed by atoms with E-state index >= 15 is 0 Å². The molecule has 3 aliphatic rings. The minimum Gasteiger partial charge on any atom is -0.493 e. The molecule has 0 N–H and O–H groups in total. The molecule has 0 unspecified atom stereocenters. The van der Waals surface area contributed by atoms with Gasteiger partial charge in [0.2, 0.25) is 0 Å². The van der Waals surface area contributed by atoms with Crippen LogP contribution in [0.4, 0.5) is 0 Å². The lowest BCUT2D eigenvalue weighted by Gasteiger charge is -2.30. The third kappa shape index (κ3) is 1.62. The summed E-state index contributed by atoms with van der Waals surface area (Å²) in [5.41, 5.74) is 3.25. The van der Waals surface area contributed by atoms with Gasteiger partial charge < -0.3 is 9.47 Å². The molecule has 2 aliphatic heterocycles. The second-order valence-corrected chi connectivity index (χ2v) is 6.70. The highest BCUT2D eigenvalue weighted by molar-refractivity contribution is 9.10. The van der Waals surface area contributed by atoms with Crippen LogP contribution >= 0.6 is 15.9 Å². The molecule has 1 fully saturated rings. The Labute approximate surface area is 127 Å². The first-order valence-corrected chi connectivity index (χ1v) is 8.11. The van der Waals surface area contributed by atoms with Crippen LogP contribution in [0.5, 0.6) is 11.5 Å². The van der Waals surface area contributed by atoms with Crippen molar-refractivity contribution < 1.29 is 9.47 Å². The zero-order chi connectivity index (χ0) is 13.7. The van der Waals surface area contributed by atoms with Gasteiger partial charge in [0.05, 0.1) is 29.2 Å². The van der Waals surface area contributed by atoms with E-state index in [9.17, 15) is 5.26 Å². The highest BCUT2D eigenvalue weighted by Gasteiger charge is 2.50. The minimum absolute atomic E-state index is 0.313. The summed E-state index contributed by atoms with van der Waals surface area (Å²) in [4.78, 5) is 0. The Kier molecular flexibility index (Phi) is 2.75. The van der Waals surface area contributed by atoms with Gasteiger partial charge in [-0.3, -0.25) is 0 Å². The summed E-state index contributed by atoms with van der Waals surface area (Å²) < 4.78 is 13.0. The van der Waals surface area contributed by atoms with Gasteiger partial charge in [-0.2, -0.15) is 5.26 Å². The van der Waals surface area contributed by atoms with Crippen molar-refractivity contribution in [2.24, 2.45) is 0 Å². The number of fused-ring (bicyclic) bond motifs is 2. The molecule has 0 bridgehead atoms. The molecule has 1 saturated carbocycles. The molecule has 0 saturated heterocycles. The zero-order valence-corrected chi connectivity index (χ0v) is 12.9. The third-order valence-electron chi connectivity index (χ3n) is 4.62. The third-order valence-corrected chi connectivity index (χ3v) is 5.46. The van der Waals surface area contributed by atoms with Gasteiger partial charge >= 0.3 is 0 Å². The lowest BCUT2D eigenvalue weighted by molar-refractivity contribution is 0.266. The second-order valence-electron chi connectivity index (χ2n) is 5.90. The summed E-state index contributed by atoms with van der Waals surface area (Å²) in [5, 5.41) is 9.62. The Balaban J connectivity index is 2.03. The Hall–Kier alpha value is -1.21. The summed E-state index contributed by atoms with van der Waals surface area (Å²) in [6, 6.07) is 2.54. The van der Waals surface area contributed by atoms with Gasteiger partial charge in [-0.15, -0.1) is 0 Å². The maximum Gasteiger partial charge on any atom is 0.137 e. The largest absolute Gasteiger partial charge is 0.493 e. The molecule has 2 heterocycles. The van der Waals surface area contributed by atoms with E-state index in [1.54, 1.807) is 0 Å². The minimum atomic E-state index is -0.313. The van der Waals surface area contributed by atoms with Crippen LogP contribution in [0.1, 0.15) is 42.4 Å². The number of nitriles is 1. The number of rotatable bonds is 1. The Bertz CT molecular complexity index is 591. The van der Waals surface area contributed by atoms with E-state index in [-0.39, 0.29) is 5.41 Å². The SMILES string of the molecule is N#CC1(c2c3c(c(Br)c4c2OCCC4)OCCC3)CC1. The lowest BCUT2D eigenvalue weighted by atomic mass is 9.85. The molecule has 0 atom stereocenters. The Morgan fingerprint density at radius 3 is 2.30 bits per heavy atom. The molecule has 0 aromatic heterocycles. The van der Waals surface area contributed by atoms with Crippen LogP contribution in [0.25, 0.3) is 0 Å². The van der Waals surface area contributed by atoms with Gasteiger partial charge in [-0.25, -0.2) is 0 Å². The van der Waals surface area contributed by atoms with Crippen molar-refractivity contribution in [3.63, 3.8) is 0 Å². The van der Waals surface area contributed by atoms with Gasteiger partial charge in [0, 0.05) is 16.7 Å². The first kappa shape index (κ1) is 12.5. The second kappa shape index (κ2) is 4.39. The van der Waals surface area contributed by atoms with E-state index in [0.717, 1.165) is 73.3 Å². The number of ether oxygens (including phenoxy) is 2. The first-order chi connectivity index (χ1) is 9.77. The molecule has 104 valence electrons. The van der Waals surface area contributed by atoms with E-state index in [4.69, 9.17) is 9.47 Å². The Morgan fingerprint density at radius 1 is 1.00 bits per heavy atom. The quantitative estimate of drug-likeness (QED) is 0.787. The van der Waals surface area contributed by atoms with Crippen molar-refractivity contribution in [1.82, 2.24) is 0 Å². The predicted octanol–water partition coefficient (Wildman–Crippen LogP) is 3.65. The molecule has 0 amide bonds. The number of halogens is 1. The van der Waals surface area contributed by atoms with E-state index in [1.807, 2.05) is 0 Å². The van der Waals surface area contributed by atoms with Crippen molar-refractivity contribution in [2.45, 2.75) is 43.9 Å². The predicted molar refractivity (Wildman–Crippen MR) is 78.3 cm³/mol. The fraction of sp³-hybridized carbons (Fsp3) is 0.562. The van der Waals surface area contributed by atoms with Crippen molar-refractivity contribution >= 4 is 15.9 Å². The van der Waals surface area contributed by atoms with Gasteiger partial charge in [0.25, 0.3) is 0 Å². The van der Waals surface area contributed by atoms with Crippen LogP contribution in [0.3, 0.4) is 0 Å². The van der Waals surface area contributed by atoms with Crippen LogP contribution in [-0.4, -0.2) is 13.2 Å². The molecule has 1 aromatic rings. The maximum absolute atomic E-state index is 9.62. The van der Waals surface area contributed by atoms with Crippen LogP contribution < -0.4 is 9.47 Å². The van der Waals surface area contributed by atoms with Gasteiger partial charge in [-0.05, 0) is 54.5 Å². The highest BCUT2D eigenvalue weighted by Crippen LogP contribution is 2.57. The molecule has 1 aromatic carbocycles. The van der Waals surface area contributed by atoms with Crippen LogP contribution in [0.2, 0.25) is 0 Å². The van der Waals surface area contributed by atoms with E-state index < -0.39 is 0 Å². The van der Waals surface area contributed by atoms with Gasteiger partial charge in [0.15, 0.2) is 0 Å². The fourth-order valence-corrected chi connectivity index (χ4v) is 4.17. The molecular formula is C16H16BrNO2. The molecule has 0 radical (unpaired) electrons. The zero-order valence-electron chi connectivity index (χ0n) is 11.3. The molecule has 4 heteroatoms. The monoisotopic (exact) mass is 333 g/mol. The number of nitrogens with zero attached hydrogens (tertiary/aromatic N) is 1. The van der Waals surface area contributed by atoms with Crippen LogP contribution in [-0.2, 0) is 18.3 Å². The van der Waals surface area contributed by atoms with E-state index in [1.165, 1.54) is 11.1 Å². The van der Waals surface area contributed by atoms with E-state index in [0.29, 0.717) is 0 Å². The summed E-state index contributed by atoms with van der Waals surface area (Å²) >= 11 is 3.71. The molecule has 4 rings (SSSR count). The topological polar surface area (TPSA) is 42.2 Å². The standard InChI is InChI=1S/C16H16BrNO2/c17-13-11-4-2-7-19-14(11)12(16(9-18)5-6-16)10-3-1-8-20-15(10)13/h1-8H2. The van der Waals surface area contributed by atoms with Crippen LogP contribution in [0, 0.1) is 11.3 Å². The molecule has 0 spiro atoms. The summed E-state index contributed by atoms with van der Waals surface area (Å²) in [6.45, 7) is 1.53. The fourth-order valence-electron chi connectivity index (χ4n) is 3.44. The average Bonchev–Trinajstić information content (AvgIpc) is 3.29. The normalized spacial score (nSPS) is 21.8. The molecule has 1 aliphatic carbocycles. The van der Waals surface area contributed by atoms with Gasteiger partial charge in [-0.1, -0.05) is 0 Å². The van der Waals surface area contributed by atoms with Crippen LogP contribution in [0.15, 0.2) is 4.47 Å². The van der Waals surface area contributed by atoms with Crippen molar-refractivity contribution in [1.29, 1.82) is 5.26 Å². The smallest absolute Gasteiger partial charge is 0.137 e. The summed E-state index contributed by atoms with van der Waals surface area (Å²) in [7, 11) is 0. The number of benzene rings is 1. The van der Waals surface area contributed by atoms with E-state index in [2.05, 4.69) is 22.0 Å².